The molecule has 2 aromatic rings. The summed E-state index contributed by atoms with van der Waals surface area (Å²) in [5.74, 6) is 1.90. The van der Waals surface area contributed by atoms with Gasteiger partial charge in [-0.05, 0) is 44.2 Å². The van der Waals surface area contributed by atoms with Crippen LogP contribution in [0, 0.1) is 0 Å². The summed E-state index contributed by atoms with van der Waals surface area (Å²) in [5.41, 5.74) is 0. The first-order chi connectivity index (χ1) is 9.34. The van der Waals surface area contributed by atoms with Gasteiger partial charge in [0.1, 0.15) is 18.1 Å². The molecule has 19 heavy (non-hydrogen) atoms. The zero-order valence-electron chi connectivity index (χ0n) is 11.3. The highest BCUT2D eigenvalue weighted by molar-refractivity contribution is 4.99. The highest BCUT2D eigenvalue weighted by Gasteiger charge is 2.04. The fraction of sp³-hybridized carbons (Fsp3) is 0.467. The van der Waals surface area contributed by atoms with Gasteiger partial charge in [-0.15, -0.1) is 0 Å². The molecule has 1 N–H and O–H groups in total. The molecule has 104 valence electrons. The van der Waals surface area contributed by atoms with Gasteiger partial charge in [0, 0.05) is 19.1 Å². The molecule has 0 saturated carbocycles. The third kappa shape index (κ3) is 5.32. The quantitative estimate of drug-likeness (QED) is 0.706. The van der Waals surface area contributed by atoms with E-state index in [1.807, 2.05) is 24.3 Å². The Hall–Kier alpha value is -1.52. The van der Waals surface area contributed by atoms with Crippen molar-refractivity contribution in [3.05, 3.63) is 48.3 Å². The van der Waals surface area contributed by atoms with Gasteiger partial charge in [0.15, 0.2) is 0 Å². The fourth-order valence-corrected chi connectivity index (χ4v) is 1.89. The third-order valence-electron chi connectivity index (χ3n) is 2.87. The molecule has 0 spiro atoms. The summed E-state index contributed by atoms with van der Waals surface area (Å²) in [6.45, 7) is 4.39. The van der Waals surface area contributed by atoms with E-state index < -0.39 is 0 Å². The van der Waals surface area contributed by atoms with Crippen LogP contribution in [0.3, 0.4) is 0 Å². The predicted molar refractivity (Wildman–Crippen MR) is 72.9 cm³/mol. The van der Waals surface area contributed by atoms with E-state index >= 15 is 0 Å². The minimum absolute atomic E-state index is 0.413. The fourth-order valence-electron chi connectivity index (χ4n) is 1.89. The number of rotatable bonds is 9. The van der Waals surface area contributed by atoms with Gasteiger partial charge in [-0.2, -0.15) is 0 Å². The van der Waals surface area contributed by atoms with Gasteiger partial charge in [-0.25, -0.2) is 0 Å². The van der Waals surface area contributed by atoms with Crippen LogP contribution in [0.2, 0.25) is 0 Å². The first kappa shape index (κ1) is 13.9. The molecule has 1 atom stereocenters. The second-order valence-corrected chi connectivity index (χ2v) is 4.62. The Balaban J connectivity index is 1.47. The molecular formula is C15H21NO3. The van der Waals surface area contributed by atoms with E-state index in [1.54, 1.807) is 12.5 Å². The molecule has 1 unspecified atom stereocenters. The Morgan fingerprint density at radius 2 is 1.89 bits per heavy atom. The molecule has 0 saturated heterocycles. The Kier molecular flexibility index (Phi) is 5.72. The van der Waals surface area contributed by atoms with Gasteiger partial charge in [-0.3, -0.25) is 0 Å². The smallest absolute Gasteiger partial charge is 0.129 e. The van der Waals surface area contributed by atoms with Crippen molar-refractivity contribution in [3.63, 3.8) is 0 Å². The average molecular weight is 263 g/mol. The largest absolute Gasteiger partial charge is 0.469 e. The van der Waals surface area contributed by atoms with Gasteiger partial charge < -0.3 is 18.9 Å². The number of hydrogen-bond acceptors (Lipinski definition) is 4. The van der Waals surface area contributed by atoms with Crippen molar-refractivity contribution < 1.29 is 13.6 Å². The number of nitrogens with one attached hydrogen (secondary N) is 1. The van der Waals surface area contributed by atoms with Gasteiger partial charge in [0.2, 0.25) is 0 Å². The van der Waals surface area contributed by atoms with Gasteiger partial charge >= 0.3 is 0 Å². The normalized spacial score (nSPS) is 12.7. The van der Waals surface area contributed by atoms with Gasteiger partial charge in [-0.1, -0.05) is 0 Å². The van der Waals surface area contributed by atoms with Crippen molar-refractivity contribution in [2.45, 2.75) is 32.4 Å². The summed E-state index contributed by atoms with van der Waals surface area (Å²) in [4.78, 5) is 0. The zero-order valence-corrected chi connectivity index (χ0v) is 11.3. The first-order valence-corrected chi connectivity index (χ1v) is 6.70. The molecule has 4 heteroatoms. The summed E-state index contributed by atoms with van der Waals surface area (Å²) in [5, 5.41) is 3.45. The lowest BCUT2D eigenvalue weighted by molar-refractivity contribution is 0.103. The van der Waals surface area contributed by atoms with E-state index in [1.165, 1.54) is 0 Å². The van der Waals surface area contributed by atoms with Crippen LogP contribution in [-0.4, -0.2) is 19.2 Å². The van der Waals surface area contributed by atoms with E-state index in [9.17, 15) is 0 Å². The summed E-state index contributed by atoms with van der Waals surface area (Å²) >= 11 is 0. The van der Waals surface area contributed by atoms with Crippen molar-refractivity contribution >= 4 is 0 Å². The Labute approximate surface area is 113 Å². The standard InChI is InChI=1S/C15H21NO3/c1-13(11-14-5-2-9-18-14)16-7-4-8-17-12-15-6-3-10-19-15/h2-3,5-6,9-10,13,16H,4,7-8,11-12H2,1H3. The molecular weight excluding hydrogens is 242 g/mol. The van der Waals surface area contributed by atoms with Crippen molar-refractivity contribution in [1.82, 2.24) is 5.32 Å². The zero-order chi connectivity index (χ0) is 13.3. The molecule has 2 heterocycles. The predicted octanol–water partition coefficient (Wildman–Crippen LogP) is 3.00. The van der Waals surface area contributed by atoms with Crippen molar-refractivity contribution in [1.29, 1.82) is 0 Å². The molecule has 0 bridgehead atoms. The van der Waals surface area contributed by atoms with Crippen LogP contribution in [0.25, 0.3) is 0 Å². The molecule has 0 fully saturated rings. The maximum atomic E-state index is 5.51. The second-order valence-electron chi connectivity index (χ2n) is 4.62. The van der Waals surface area contributed by atoms with Crippen LogP contribution in [0.5, 0.6) is 0 Å². The molecule has 0 aliphatic heterocycles. The molecule has 0 aromatic carbocycles. The van der Waals surface area contributed by atoms with Crippen molar-refractivity contribution in [2.75, 3.05) is 13.2 Å². The molecule has 4 nitrogen and oxygen atoms in total. The molecule has 0 aliphatic carbocycles. The minimum atomic E-state index is 0.413. The van der Waals surface area contributed by atoms with E-state index in [0.717, 1.165) is 37.5 Å². The summed E-state index contributed by atoms with van der Waals surface area (Å²) in [6.07, 6.45) is 5.28. The Morgan fingerprint density at radius 1 is 1.16 bits per heavy atom. The Morgan fingerprint density at radius 3 is 2.58 bits per heavy atom. The molecule has 0 aliphatic rings. The molecule has 0 amide bonds. The SMILES string of the molecule is CC(Cc1ccco1)NCCCOCc1ccco1. The maximum Gasteiger partial charge on any atom is 0.129 e. The third-order valence-corrected chi connectivity index (χ3v) is 2.87. The minimum Gasteiger partial charge on any atom is -0.469 e. The highest BCUT2D eigenvalue weighted by atomic mass is 16.5. The summed E-state index contributed by atoms with van der Waals surface area (Å²) in [6, 6.07) is 8.13. The molecule has 0 radical (unpaired) electrons. The van der Waals surface area contributed by atoms with Crippen molar-refractivity contribution in [3.8, 4) is 0 Å². The summed E-state index contributed by atoms with van der Waals surface area (Å²) in [7, 11) is 0. The second kappa shape index (κ2) is 7.81. The number of ether oxygens (including phenoxy) is 1. The molecule has 2 rings (SSSR count). The first-order valence-electron chi connectivity index (χ1n) is 6.70. The van der Waals surface area contributed by atoms with Crippen LogP contribution in [0.15, 0.2) is 45.6 Å². The average Bonchev–Trinajstić information content (AvgIpc) is 3.06. The van der Waals surface area contributed by atoms with E-state index in [0.29, 0.717) is 12.6 Å². The van der Waals surface area contributed by atoms with Gasteiger partial charge in [0.25, 0.3) is 0 Å². The van der Waals surface area contributed by atoms with Crippen molar-refractivity contribution in [2.24, 2.45) is 0 Å². The number of hydrogen-bond donors (Lipinski definition) is 1. The topological polar surface area (TPSA) is 47.5 Å². The van der Waals surface area contributed by atoms with Crippen LogP contribution in [0.4, 0.5) is 0 Å². The number of furan rings is 2. The van der Waals surface area contributed by atoms with E-state index in [-0.39, 0.29) is 0 Å². The van der Waals surface area contributed by atoms with E-state index in [4.69, 9.17) is 13.6 Å². The lowest BCUT2D eigenvalue weighted by Gasteiger charge is -2.12. The lowest BCUT2D eigenvalue weighted by Crippen LogP contribution is -2.29. The summed E-state index contributed by atoms with van der Waals surface area (Å²) < 4.78 is 16.0. The monoisotopic (exact) mass is 263 g/mol. The van der Waals surface area contributed by atoms with Crippen LogP contribution in [-0.2, 0) is 17.8 Å². The van der Waals surface area contributed by atoms with Crippen LogP contribution < -0.4 is 5.32 Å². The van der Waals surface area contributed by atoms with Gasteiger partial charge in [0.05, 0.1) is 12.5 Å². The Bertz CT molecular complexity index is 422. The lowest BCUT2D eigenvalue weighted by atomic mass is 10.2. The maximum absolute atomic E-state index is 5.51. The van der Waals surface area contributed by atoms with E-state index in [2.05, 4.69) is 12.2 Å². The van der Waals surface area contributed by atoms with Crippen LogP contribution >= 0.6 is 0 Å². The van der Waals surface area contributed by atoms with Crippen LogP contribution in [0.1, 0.15) is 24.9 Å². The molecule has 2 aromatic heterocycles. The highest BCUT2D eigenvalue weighted by Crippen LogP contribution is 2.04.